The second-order valence-electron chi connectivity index (χ2n) is 10.2. The van der Waals surface area contributed by atoms with Gasteiger partial charge in [-0.3, -0.25) is 19.7 Å². The number of aliphatic hydroxyl groups excluding tert-OH is 1. The summed E-state index contributed by atoms with van der Waals surface area (Å²) < 4.78 is 30.7. The Bertz CT molecular complexity index is 1910. The molecule has 0 fully saturated rings. The Labute approximate surface area is 256 Å². The van der Waals surface area contributed by atoms with Crippen LogP contribution < -0.4 is 15.8 Å². The van der Waals surface area contributed by atoms with Crippen molar-refractivity contribution in [3.05, 3.63) is 98.2 Å². The van der Waals surface area contributed by atoms with Crippen molar-refractivity contribution in [1.29, 1.82) is 0 Å². The van der Waals surface area contributed by atoms with Gasteiger partial charge in [-0.1, -0.05) is 17.7 Å². The Hall–Kier alpha value is -4.79. The average molecular weight is 640 g/mol. The smallest absolute Gasteiger partial charge is 0.269 e. The highest BCUT2D eigenvalue weighted by molar-refractivity contribution is 7.90. The molecule has 228 valence electrons. The van der Waals surface area contributed by atoms with Crippen molar-refractivity contribution in [3.63, 3.8) is 0 Å². The van der Waals surface area contributed by atoms with Crippen LogP contribution in [0.5, 0.6) is 5.75 Å². The lowest BCUT2D eigenvalue weighted by atomic mass is 9.88. The van der Waals surface area contributed by atoms with E-state index in [1.54, 1.807) is 41.1 Å². The van der Waals surface area contributed by atoms with E-state index in [-0.39, 0.29) is 27.8 Å². The number of anilines is 1. The van der Waals surface area contributed by atoms with Crippen molar-refractivity contribution in [2.75, 3.05) is 24.7 Å². The van der Waals surface area contributed by atoms with Crippen LogP contribution >= 0.6 is 11.6 Å². The van der Waals surface area contributed by atoms with Gasteiger partial charge in [-0.05, 0) is 73.0 Å². The number of hydrogen-bond donors (Lipinski definition) is 3. The molecule has 0 bridgehead atoms. The zero-order valence-corrected chi connectivity index (χ0v) is 24.8. The number of nitrogens with two attached hydrogens (primary N) is 1. The summed E-state index contributed by atoms with van der Waals surface area (Å²) in [4.78, 5) is 35.4. The Morgan fingerprint density at radius 3 is 2.52 bits per heavy atom. The monoisotopic (exact) mass is 639 g/mol. The third-order valence-electron chi connectivity index (χ3n) is 6.98. The van der Waals surface area contributed by atoms with Crippen molar-refractivity contribution in [1.82, 2.24) is 9.78 Å². The molecule has 0 saturated heterocycles. The van der Waals surface area contributed by atoms with Crippen LogP contribution in [0.4, 0.5) is 5.69 Å². The molecule has 5 rings (SSSR count). The van der Waals surface area contributed by atoms with Gasteiger partial charge in [-0.15, -0.1) is 0 Å². The summed E-state index contributed by atoms with van der Waals surface area (Å²) in [7, 11) is -3.51. The summed E-state index contributed by atoms with van der Waals surface area (Å²) in [6, 6.07) is 15.8. The third-order valence-corrected chi connectivity index (χ3v) is 8.40. The standard InChI is InChI=1S/C29H26ClN5O8S/c1-44(41,42)21-9-11-22(25(30)13-21)29(38)32-17-4-2-16-3-10-23-26(28(31)37)33-35(27(23)24(16)12-17)18-5-7-20(8-6-18)43-15-19(36)14-34(39)40/h2,4-9,11-13,19,36H,3,10,14-15H2,1H3,(H2,31,37)(H,32,38). The molecule has 1 atom stereocenters. The number of rotatable bonds is 10. The molecule has 1 unspecified atom stereocenters. The molecule has 1 aliphatic carbocycles. The fraction of sp³-hybridized carbons (Fsp3) is 0.207. The minimum Gasteiger partial charge on any atom is -0.491 e. The van der Waals surface area contributed by atoms with Crippen LogP contribution in [0.15, 0.2) is 65.6 Å². The molecule has 15 heteroatoms. The lowest BCUT2D eigenvalue weighted by Gasteiger charge is -2.20. The van der Waals surface area contributed by atoms with Gasteiger partial charge in [0.25, 0.3) is 11.8 Å². The molecule has 4 N–H and O–H groups in total. The fourth-order valence-electron chi connectivity index (χ4n) is 4.91. The lowest BCUT2D eigenvalue weighted by molar-refractivity contribution is -0.490. The Balaban J connectivity index is 1.46. The van der Waals surface area contributed by atoms with Crippen molar-refractivity contribution >= 4 is 38.9 Å². The topological polar surface area (TPSA) is 197 Å². The van der Waals surface area contributed by atoms with E-state index in [2.05, 4.69) is 10.4 Å². The van der Waals surface area contributed by atoms with Crippen molar-refractivity contribution in [2.24, 2.45) is 5.73 Å². The van der Waals surface area contributed by atoms with Gasteiger partial charge in [0, 0.05) is 28.0 Å². The number of carbonyl (C=O) groups is 2. The van der Waals surface area contributed by atoms with Gasteiger partial charge in [0.2, 0.25) is 6.54 Å². The number of carbonyl (C=O) groups excluding carboxylic acids is 2. The number of nitrogens with one attached hydrogen (secondary N) is 1. The van der Waals surface area contributed by atoms with E-state index in [1.165, 1.54) is 18.2 Å². The molecule has 44 heavy (non-hydrogen) atoms. The first-order valence-electron chi connectivity index (χ1n) is 13.2. The summed E-state index contributed by atoms with van der Waals surface area (Å²) >= 11 is 6.24. The highest BCUT2D eigenvalue weighted by Crippen LogP contribution is 2.38. The highest BCUT2D eigenvalue weighted by Gasteiger charge is 2.28. The molecule has 1 aromatic heterocycles. The van der Waals surface area contributed by atoms with Crippen LogP contribution in [0, 0.1) is 10.1 Å². The Kier molecular flexibility index (Phi) is 8.41. The number of nitrogens with zero attached hydrogens (tertiary/aromatic N) is 3. The van der Waals surface area contributed by atoms with E-state index in [1.807, 2.05) is 6.07 Å². The number of fused-ring (bicyclic) bond motifs is 3. The van der Waals surface area contributed by atoms with Gasteiger partial charge in [0.15, 0.2) is 21.6 Å². The molecule has 2 amide bonds. The number of primary amides is 1. The predicted molar refractivity (Wildman–Crippen MR) is 161 cm³/mol. The number of aliphatic hydroxyl groups is 1. The summed E-state index contributed by atoms with van der Waals surface area (Å²) in [5, 5.41) is 27.6. The quantitative estimate of drug-likeness (QED) is 0.172. The molecule has 4 aromatic rings. The fourth-order valence-corrected chi connectivity index (χ4v) is 5.89. The number of nitro groups is 1. The minimum absolute atomic E-state index is 0.00843. The predicted octanol–water partition coefficient (Wildman–Crippen LogP) is 3.06. The van der Waals surface area contributed by atoms with E-state index in [4.69, 9.17) is 22.1 Å². The first-order chi connectivity index (χ1) is 20.8. The van der Waals surface area contributed by atoms with Crippen LogP contribution in [-0.4, -0.2) is 65.6 Å². The van der Waals surface area contributed by atoms with E-state index in [0.29, 0.717) is 46.8 Å². The van der Waals surface area contributed by atoms with E-state index >= 15 is 0 Å². The number of amides is 2. The molecule has 0 saturated carbocycles. The number of ether oxygens (including phenoxy) is 1. The van der Waals surface area contributed by atoms with Crippen LogP contribution in [-0.2, 0) is 22.7 Å². The van der Waals surface area contributed by atoms with Crippen molar-refractivity contribution in [3.8, 4) is 22.7 Å². The Morgan fingerprint density at radius 1 is 1.16 bits per heavy atom. The second-order valence-corrected chi connectivity index (χ2v) is 12.6. The SMILES string of the molecule is CS(=O)(=O)c1ccc(C(=O)Nc2ccc3c(c2)-c2c(c(C(N)=O)nn2-c2ccc(OCC(O)C[N+](=O)[O-])cc2)CC3)c(Cl)c1. The molecule has 0 spiro atoms. The maximum Gasteiger partial charge on any atom is 0.269 e. The van der Waals surface area contributed by atoms with Crippen LogP contribution in [0.3, 0.4) is 0 Å². The maximum atomic E-state index is 13.1. The van der Waals surface area contributed by atoms with Crippen molar-refractivity contribution < 1.29 is 32.8 Å². The van der Waals surface area contributed by atoms with Gasteiger partial charge in [0.1, 0.15) is 12.4 Å². The highest BCUT2D eigenvalue weighted by atomic mass is 35.5. The summed E-state index contributed by atoms with van der Waals surface area (Å²) in [6.07, 6.45) is 0.879. The molecular weight excluding hydrogens is 614 g/mol. The van der Waals surface area contributed by atoms with Crippen LogP contribution in [0.25, 0.3) is 16.9 Å². The van der Waals surface area contributed by atoms with E-state index in [0.717, 1.165) is 11.8 Å². The van der Waals surface area contributed by atoms with Gasteiger partial charge < -0.3 is 20.9 Å². The average Bonchev–Trinajstić information content (AvgIpc) is 3.36. The zero-order valence-electron chi connectivity index (χ0n) is 23.2. The van der Waals surface area contributed by atoms with E-state index < -0.39 is 39.2 Å². The molecule has 13 nitrogen and oxygen atoms in total. The largest absolute Gasteiger partial charge is 0.491 e. The summed E-state index contributed by atoms with van der Waals surface area (Å²) in [6.45, 7) is -0.907. The number of aromatic nitrogens is 2. The summed E-state index contributed by atoms with van der Waals surface area (Å²) in [5.74, 6) is -0.878. The van der Waals surface area contributed by atoms with Gasteiger partial charge in [-0.2, -0.15) is 5.10 Å². The third kappa shape index (κ3) is 6.41. The number of sulfone groups is 1. The van der Waals surface area contributed by atoms with Crippen LogP contribution in [0.1, 0.15) is 32.0 Å². The molecular formula is C29H26ClN5O8S. The van der Waals surface area contributed by atoms with Gasteiger partial charge in [0.05, 0.1) is 26.9 Å². The minimum atomic E-state index is -3.51. The number of halogens is 1. The number of benzene rings is 3. The lowest BCUT2D eigenvalue weighted by Crippen LogP contribution is -2.26. The zero-order chi connectivity index (χ0) is 31.8. The Morgan fingerprint density at radius 2 is 1.89 bits per heavy atom. The van der Waals surface area contributed by atoms with Gasteiger partial charge in [-0.25, -0.2) is 13.1 Å². The number of hydrogen-bond acceptors (Lipinski definition) is 9. The molecule has 1 heterocycles. The normalized spacial score (nSPS) is 13.0. The first-order valence-corrected chi connectivity index (χ1v) is 15.5. The molecule has 0 radical (unpaired) electrons. The molecule has 0 aliphatic heterocycles. The van der Waals surface area contributed by atoms with Crippen LogP contribution in [0.2, 0.25) is 5.02 Å². The maximum absolute atomic E-state index is 13.1. The first kappa shape index (κ1) is 30.7. The summed E-state index contributed by atoms with van der Waals surface area (Å²) in [5.41, 5.74) is 9.79. The second kappa shape index (κ2) is 12.1. The molecule has 3 aromatic carbocycles. The van der Waals surface area contributed by atoms with Crippen molar-refractivity contribution in [2.45, 2.75) is 23.8 Å². The van der Waals surface area contributed by atoms with Gasteiger partial charge >= 0.3 is 0 Å². The molecule has 1 aliphatic rings. The van der Waals surface area contributed by atoms with E-state index in [9.17, 15) is 33.2 Å². The number of aryl methyl sites for hydroxylation is 1.